The molecule has 0 bridgehead atoms. The maximum atomic E-state index is 11.1. The number of hydrogen-bond donors (Lipinski definition) is 2. The highest BCUT2D eigenvalue weighted by atomic mass is 32.1. The van der Waals surface area contributed by atoms with Gasteiger partial charge in [0.2, 0.25) is 5.91 Å². The minimum absolute atomic E-state index is 0.109. The SMILES string of the molecule is CC(=O)Nc1ccc(/C=C(/CCCC(=O)O)c2nc3ccccc3s2)cc1. The maximum absolute atomic E-state index is 11.1. The third-order valence-corrected chi connectivity index (χ3v) is 5.09. The Balaban J connectivity index is 1.89. The van der Waals surface area contributed by atoms with E-state index in [0.29, 0.717) is 12.8 Å². The van der Waals surface area contributed by atoms with Crippen LogP contribution < -0.4 is 5.32 Å². The molecule has 1 aromatic heterocycles. The predicted molar refractivity (Wildman–Crippen MR) is 110 cm³/mol. The van der Waals surface area contributed by atoms with E-state index in [1.165, 1.54) is 6.92 Å². The number of aliphatic carboxylic acids is 1. The Morgan fingerprint density at radius 1 is 1.11 bits per heavy atom. The highest BCUT2D eigenvalue weighted by Gasteiger charge is 2.10. The van der Waals surface area contributed by atoms with Crippen molar-refractivity contribution in [3.63, 3.8) is 0 Å². The molecule has 0 spiro atoms. The average molecular weight is 380 g/mol. The van der Waals surface area contributed by atoms with E-state index < -0.39 is 5.97 Å². The smallest absolute Gasteiger partial charge is 0.303 e. The predicted octanol–water partition coefficient (Wildman–Crippen LogP) is 5.05. The standard InChI is InChI=1S/C21H20N2O3S/c1-14(24)22-17-11-9-15(10-12-17)13-16(5-4-8-20(25)26)21-23-18-6-2-3-7-19(18)27-21/h2-3,6-7,9-13H,4-5,8H2,1H3,(H,22,24)(H,25,26)/b16-13-. The molecule has 0 unspecified atom stereocenters. The van der Waals surface area contributed by atoms with Gasteiger partial charge >= 0.3 is 5.97 Å². The molecule has 27 heavy (non-hydrogen) atoms. The van der Waals surface area contributed by atoms with Crippen molar-refractivity contribution in [2.45, 2.75) is 26.2 Å². The van der Waals surface area contributed by atoms with Gasteiger partial charge in [-0.05, 0) is 54.3 Å². The van der Waals surface area contributed by atoms with Crippen LogP contribution in [0.25, 0.3) is 21.9 Å². The van der Waals surface area contributed by atoms with Crippen LogP contribution in [0.5, 0.6) is 0 Å². The third-order valence-electron chi connectivity index (χ3n) is 3.98. The number of allylic oxidation sites excluding steroid dienone is 1. The van der Waals surface area contributed by atoms with Crippen LogP contribution in [0.4, 0.5) is 5.69 Å². The van der Waals surface area contributed by atoms with Crippen LogP contribution in [0, 0.1) is 0 Å². The number of thiazole rings is 1. The van der Waals surface area contributed by atoms with Crippen molar-refractivity contribution in [2.75, 3.05) is 5.32 Å². The Morgan fingerprint density at radius 3 is 2.52 bits per heavy atom. The fraction of sp³-hybridized carbons (Fsp3) is 0.190. The van der Waals surface area contributed by atoms with Gasteiger partial charge in [0.15, 0.2) is 0 Å². The minimum Gasteiger partial charge on any atom is -0.481 e. The fourth-order valence-electron chi connectivity index (χ4n) is 2.75. The summed E-state index contributed by atoms with van der Waals surface area (Å²) in [5.41, 5.74) is 3.69. The van der Waals surface area contributed by atoms with Gasteiger partial charge in [0.05, 0.1) is 10.2 Å². The average Bonchev–Trinajstić information content (AvgIpc) is 3.05. The zero-order chi connectivity index (χ0) is 19.2. The summed E-state index contributed by atoms with van der Waals surface area (Å²) < 4.78 is 1.11. The van der Waals surface area contributed by atoms with Gasteiger partial charge in [0.25, 0.3) is 0 Å². The molecule has 0 saturated heterocycles. The number of carbonyl (C=O) groups is 2. The highest BCUT2D eigenvalue weighted by molar-refractivity contribution is 7.19. The Labute approximate surface area is 161 Å². The number of carbonyl (C=O) groups excluding carboxylic acids is 1. The normalized spacial score (nSPS) is 11.5. The first-order chi connectivity index (χ1) is 13.0. The van der Waals surface area contributed by atoms with E-state index in [1.807, 2.05) is 54.6 Å². The largest absolute Gasteiger partial charge is 0.481 e. The van der Waals surface area contributed by atoms with Crippen LogP contribution in [0.15, 0.2) is 48.5 Å². The molecule has 0 aliphatic carbocycles. The second-order valence-electron chi connectivity index (χ2n) is 6.21. The van der Waals surface area contributed by atoms with Crippen LogP contribution >= 0.6 is 11.3 Å². The molecule has 3 rings (SSSR count). The Bertz CT molecular complexity index is 957. The molecule has 0 fully saturated rings. The van der Waals surface area contributed by atoms with Gasteiger partial charge in [-0.2, -0.15) is 0 Å². The molecule has 0 aliphatic rings. The van der Waals surface area contributed by atoms with Crippen molar-refractivity contribution >= 4 is 50.8 Å². The van der Waals surface area contributed by atoms with Crippen LogP contribution in [0.3, 0.4) is 0 Å². The second kappa shape index (κ2) is 8.60. The van der Waals surface area contributed by atoms with Gasteiger partial charge in [-0.3, -0.25) is 9.59 Å². The molecule has 0 atom stereocenters. The first-order valence-corrected chi connectivity index (χ1v) is 9.49. The van der Waals surface area contributed by atoms with E-state index in [1.54, 1.807) is 11.3 Å². The molecule has 1 heterocycles. The lowest BCUT2D eigenvalue weighted by Gasteiger charge is -2.06. The molecule has 5 nitrogen and oxygen atoms in total. The number of carboxylic acid groups (broad SMARTS) is 1. The Hall–Kier alpha value is -2.99. The lowest BCUT2D eigenvalue weighted by Crippen LogP contribution is -2.05. The monoisotopic (exact) mass is 380 g/mol. The number of hydrogen-bond acceptors (Lipinski definition) is 4. The summed E-state index contributed by atoms with van der Waals surface area (Å²) in [7, 11) is 0. The van der Waals surface area contributed by atoms with E-state index >= 15 is 0 Å². The van der Waals surface area contributed by atoms with Gasteiger partial charge in [0, 0.05) is 19.0 Å². The number of rotatable bonds is 7. The Morgan fingerprint density at radius 2 is 1.85 bits per heavy atom. The first-order valence-electron chi connectivity index (χ1n) is 8.67. The van der Waals surface area contributed by atoms with Gasteiger partial charge < -0.3 is 10.4 Å². The lowest BCUT2D eigenvalue weighted by molar-refractivity contribution is -0.137. The minimum atomic E-state index is -0.793. The van der Waals surface area contributed by atoms with Crippen molar-refractivity contribution in [2.24, 2.45) is 0 Å². The van der Waals surface area contributed by atoms with Crippen LogP contribution in [0.1, 0.15) is 36.8 Å². The number of aromatic nitrogens is 1. The van der Waals surface area contributed by atoms with Gasteiger partial charge in [0.1, 0.15) is 5.01 Å². The number of anilines is 1. The molecule has 0 saturated carbocycles. The second-order valence-corrected chi connectivity index (χ2v) is 7.24. The number of fused-ring (bicyclic) bond motifs is 1. The summed E-state index contributed by atoms with van der Waals surface area (Å²) in [4.78, 5) is 26.7. The number of para-hydroxylation sites is 1. The van der Waals surface area contributed by atoms with Crippen LogP contribution in [-0.2, 0) is 9.59 Å². The summed E-state index contributed by atoms with van der Waals surface area (Å²) in [5, 5.41) is 12.6. The maximum Gasteiger partial charge on any atom is 0.303 e. The number of amides is 1. The van der Waals surface area contributed by atoms with E-state index in [-0.39, 0.29) is 12.3 Å². The summed E-state index contributed by atoms with van der Waals surface area (Å²) in [5.74, 6) is -0.902. The summed E-state index contributed by atoms with van der Waals surface area (Å²) >= 11 is 1.61. The van der Waals surface area contributed by atoms with E-state index in [0.717, 1.165) is 32.0 Å². The fourth-order valence-corrected chi connectivity index (χ4v) is 3.76. The number of benzene rings is 2. The molecule has 2 N–H and O–H groups in total. The van der Waals surface area contributed by atoms with Crippen molar-refractivity contribution in [3.8, 4) is 0 Å². The van der Waals surface area contributed by atoms with Gasteiger partial charge in [-0.1, -0.05) is 24.3 Å². The van der Waals surface area contributed by atoms with E-state index in [4.69, 9.17) is 10.1 Å². The molecular weight excluding hydrogens is 360 g/mol. The molecule has 6 heteroatoms. The molecule has 0 aliphatic heterocycles. The molecule has 0 radical (unpaired) electrons. The molecular formula is C21H20N2O3S. The molecule has 138 valence electrons. The summed E-state index contributed by atoms with van der Waals surface area (Å²) in [6, 6.07) is 15.5. The topological polar surface area (TPSA) is 79.3 Å². The van der Waals surface area contributed by atoms with Crippen molar-refractivity contribution in [1.29, 1.82) is 0 Å². The number of nitrogens with zero attached hydrogens (tertiary/aromatic N) is 1. The Kier molecular flexibility index (Phi) is 5.98. The highest BCUT2D eigenvalue weighted by Crippen LogP contribution is 2.31. The van der Waals surface area contributed by atoms with Crippen molar-refractivity contribution in [1.82, 2.24) is 4.98 Å². The molecule has 1 amide bonds. The van der Waals surface area contributed by atoms with Crippen molar-refractivity contribution in [3.05, 3.63) is 59.1 Å². The van der Waals surface area contributed by atoms with Gasteiger partial charge in [-0.25, -0.2) is 4.98 Å². The first kappa shape index (κ1) is 18.8. The third kappa shape index (κ3) is 5.24. The van der Waals surface area contributed by atoms with Crippen LogP contribution in [-0.4, -0.2) is 22.0 Å². The van der Waals surface area contributed by atoms with Crippen molar-refractivity contribution < 1.29 is 14.7 Å². The lowest BCUT2D eigenvalue weighted by atomic mass is 10.0. The van der Waals surface area contributed by atoms with E-state index in [2.05, 4.69) is 5.32 Å². The molecule has 3 aromatic rings. The van der Waals surface area contributed by atoms with Gasteiger partial charge in [-0.15, -0.1) is 11.3 Å². The zero-order valence-electron chi connectivity index (χ0n) is 14.9. The summed E-state index contributed by atoms with van der Waals surface area (Å²) in [6.45, 7) is 1.47. The number of nitrogens with one attached hydrogen (secondary N) is 1. The molecule has 2 aromatic carbocycles. The van der Waals surface area contributed by atoms with E-state index in [9.17, 15) is 9.59 Å². The zero-order valence-corrected chi connectivity index (χ0v) is 15.8. The quantitative estimate of drug-likeness (QED) is 0.601. The summed E-state index contributed by atoms with van der Waals surface area (Å²) in [6.07, 6.45) is 3.36. The van der Waals surface area contributed by atoms with Crippen LogP contribution in [0.2, 0.25) is 0 Å². The number of carboxylic acids is 1.